The summed E-state index contributed by atoms with van der Waals surface area (Å²) in [5, 5.41) is 2.68. The summed E-state index contributed by atoms with van der Waals surface area (Å²) in [6, 6.07) is 10.8. The van der Waals surface area contributed by atoms with Gasteiger partial charge in [-0.2, -0.15) is 0 Å². The molecule has 0 radical (unpaired) electrons. The van der Waals surface area contributed by atoms with Gasteiger partial charge in [0.2, 0.25) is 6.79 Å². The Morgan fingerprint density at radius 2 is 1.74 bits per heavy atom. The first kappa shape index (κ1) is 20.9. The van der Waals surface area contributed by atoms with Gasteiger partial charge in [-0.1, -0.05) is 12.1 Å². The molecule has 1 aliphatic carbocycles. The van der Waals surface area contributed by atoms with Crippen LogP contribution in [0.4, 0.5) is 5.69 Å². The number of nitrogens with one attached hydrogen (secondary N) is 1. The zero-order chi connectivity index (χ0) is 21.8. The number of ketones is 1. The van der Waals surface area contributed by atoms with Gasteiger partial charge in [-0.05, 0) is 61.9 Å². The molecular formula is C24H25NO6. The summed E-state index contributed by atoms with van der Waals surface area (Å²) in [5.41, 5.74) is 3.68. The third-order valence-electron chi connectivity index (χ3n) is 5.54. The number of esters is 1. The zero-order valence-electron chi connectivity index (χ0n) is 17.4. The molecule has 2 aliphatic rings. The lowest BCUT2D eigenvalue weighted by Gasteiger charge is -2.16. The Balaban J connectivity index is 1.25. The number of carbonyl (C=O) groups is 3. The standard InChI is InChI=1S/C24H25NO6/c1-15(24(28)25-19-8-10-21-22(13-19)30-14-29-21)31-23(27)11-9-20(26)18-7-6-16-4-2-3-5-17(16)12-18/h6-8,10,12-13,15H,2-5,9,11,14H2,1H3,(H,25,28)/t15-/m0/s1. The number of carbonyl (C=O) groups excluding carboxylic acids is 3. The van der Waals surface area contributed by atoms with E-state index in [0.29, 0.717) is 22.7 Å². The molecule has 7 nitrogen and oxygen atoms in total. The van der Waals surface area contributed by atoms with Crippen molar-refractivity contribution in [1.29, 1.82) is 0 Å². The van der Waals surface area contributed by atoms with Crippen LogP contribution in [0.25, 0.3) is 0 Å². The first-order chi connectivity index (χ1) is 15.0. The van der Waals surface area contributed by atoms with Crippen molar-refractivity contribution in [3.63, 3.8) is 0 Å². The molecular weight excluding hydrogens is 398 g/mol. The number of fused-ring (bicyclic) bond motifs is 2. The van der Waals surface area contributed by atoms with Gasteiger partial charge in [0.05, 0.1) is 6.42 Å². The highest BCUT2D eigenvalue weighted by Gasteiger charge is 2.21. The van der Waals surface area contributed by atoms with E-state index < -0.39 is 18.0 Å². The molecule has 31 heavy (non-hydrogen) atoms. The third kappa shape index (κ3) is 5.05. The normalized spacial score (nSPS) is 15.0. The van der Waals surface area contributed by atoms with Gasteiger partial charge in [0, 0.05) is 23.7 Å². The van der Waals surface area contributed by atoms with Crippen LogP contribution in [0, 0.1) is 0 Å². The van der Waals surface area contributed by atoms with Crippen LogP contribution >= 0.6 is 0 Å². The van der Waals surface area contributed by atoms with E-state index in [0.717, 1.165) is 19.3 Å². The Morgan fingerprint density at radius 3 is 2.58 bits per heavy atom. The summed E-state index contributed by atoms with van der Waals surface area (Å²) >= 11 is 0. The summed E-state index contributed by atoms with van der Waals surface area (Å²) in [7, 11) is 0. The molecule has 1 amide bonds. The highest BCUT2D eigenvalue weighted by Crippen LogP contribution is 2.34. The topological polar surface area (TPSA) is 90.9 Å². The number of Topliss-reactive ketones (excluding diaryl/α,β-unsaturated/α-hetero) is 1. The van der Waals surface area contributed by atoms with Gasteiger partial charge in [-0.3, -0.25) is 14.4 Å². The van der Waals surface area contributed by atoms with Crippen molar-refractivity contribution in [3.8, 4) is 11.5 Å². The monoisotopic (exact) mass is 423 g/mol. The molecule has 2 aromatic rings. The lowest BCUT2D eigenvalue weighted by molar-refractivity contribution is -0.153. The average Bonchev–Trinajstić information content (AvgIpc) is 3.25. The van der Waals surface area contributed by atoms with E-state index >= 15 is 0 Å². The average molecular weight is 423 g/mol. The van der Waals surface area contributed by atoms with Crippen LogP contribution in [0.1, 0.15) is 54.1 Å². The highest BCUT2D eigenvalue weighted by molar-refractivity contribution is 5.98. The molecule has 0 bridgehead atoms. The van der Waals surface area contributed by atoms with Crippen molar-refractivity contribution in [3.05, 3.63) is 53.1 Å². The fourth-order valence-electron chi connectivity index (χ4n) is 3.79. The zero-order valence-corrected chi connectivity index (χ0v) is 17.4. The van der Waals surface area contributed by atoms with Gasteiger partial charge < -0.3 is 19.5 Å². The van der Waals surface area contributed by atoms with Gasteiger partial charge in [-0.15, -0.1) is 0 Å². The molecule has 1 atom stereocenters. The van der Waals surface area contributed by atoms with Crippen LogP contribution in [-0.2, 0) is 27.2 Å². The largest absolute Gasteiger partial charge is 0.454 e. The van der Waals surface area contributed by atoms with Crippen molar-refractivity contribution in [2.75, 3.05) is 12.1 Å². The number of anilines is 1. The van der Waals surface area contributed by atoms with Crippen molar-refractivity contribution in [2.45, 2.75) is 51.6 Å². The fraction of sp³-hybridized carbons (Fsp3) is 0.375. The molecule has 0 saturated heterocycles. The van der Waals surface area contributed by atoms with Gasteiger partial charge in [0.15, 0.2) is 23.4 Å². The Morgan fingerprint density at radius 1 is 0.968 bits per heavy atom. The lowest BCUT2D eigenvalue weighted by atomic mass is 9.89. The van der Waals surface area contributed by atoms with E-state index in [4.69, 9.17) is 14.2 Å². The number of aryl methyl sites for hydroxylation is 2. The van der Waals surface area contributed by atoms with E-state index in [9.17, 15) is 14.4 Å². The van der Waals surface area contributed by atoms with Crippen molar-refractivity contribution in [1.82, 2.24) is 0 Å². The van der Waals surface area contributed by atoms with Gasteiger partial charge >= 0.3 is 5.97 Å². The maximum Gasteiger partial charge on any atom is 0.307 e. The van der Waals surface area contributed by atoms with Crippen molar-refractivity contribution >= 4 is 23.3 Å². The molecule has 1 aliphatic heterocycles. The van der Waals surface area contributed by atoms with Gasteiger partial charge in [0.25, 0.3) is 5.91 Å². The first-order valence-corrected chi connectivity index (χ1v) is 10.5. The molecule has 0 spiro atoms. The summed E-state index contributed by atoms with van der Waals surface area (Å²) < 4.78 is 15.7. The molecule has 162 valence electrons. The van der Waals surface area contributed by atoms with Crippen LogP contribution < -0.4 is 14.8 Å². The Bertz CT molecular complexity index is 1020. The number of hydrogen-bond acceptors (Lipinski definition) is 6. The van der Waals surface area contributed by atoms with Crippen LogP contribution in [-0.4, -0.2) is 30.6 Å². The molecule has 1 N–H and O–H groups in total. The number of rotatable bonds is 7. The molecule has 7 heteroatoms. The number of hydrogen-bond donors (Lipinski definition) is 1. The number of ether oxygens (including phenoxy) is 3. The molecule has 0 saturated carbocycles. The minimum atomic E-state index is -0.989. The first-order valence-electron chi connectivity index (χ1n) is 10.5. The second-order valence-electron chi connectivity index (χ2n) is 7.80. The minimum absolute atomic E-state index is 0.0497. The van der Waals surface area contributed by atoms with Crippen LogP contribution in [0.3, 0.4) is 0 Å². The molecule has 0 unspecified atom stereocenters. The summed E-state index contributed by atoms with van der Waals surface area (Å²) in [6.45, 7) is 1.64. The van der Waals surface area contributed by atoms with Gasteiger partial charge in [0.1, 0.15) is 0 Å². The third-order valence-corrected chi connectivity index (χ3v) is 5.54. The second kappa shape index (κ2) is 9.20. The summed E-state index contributed by atoms with van der Waals surface area (Å²) in [4.78, 5) is 36.9. The maximum atomic E-state index is 12.5. The smallest absolute Gasteiger partial charge is 0.307 e. The Labute approximate surface area is 180 Å². The molecule has 2 aromatic carbocycles. The summed E-state index contributed by atoms with van der Waals surface area (Å²) in [5.74, 6) is 0.0138. The Kier molecular flexibility index (Phi) is 6.21. The molecule has 0 fully saturated rings. The van der Waals surface area contributed by atoms with Crippen LogP contribution in [0.2, 0.25) is 0 Å². The number of amides is 1. The van der Waals surface area contributed by atoms with E-state index in [-0.39, 0.29) is 25.4 Å². The quantitative estimate of drug-likeness (QED) is 0.538. The molecule has 4 rings (SSSR count). The second-order valence-corrected chi connectivity index (χ2v) is 7.80. The number of benzene rings is 2. The highest BCUT2D eigenvalue weighted by atomic mass is 16.7. The SMILES string of the molecule is C[C@H](OC(=O)CCC(=O)c1ccc2c(c1)CCCC2)C(=O)Nc1ccc2c(c1)OCO2. The molecule has 0 aromatic heterocycles. The maximum absolute atomic E-state index is 12.5. The van der Waals surface area contributed by atoms with Crippen molar-refractivity contribution < 1.29 is 28.6 Å². The van der Waals surface area contributed by atoms with E-state index in [1.165, 1.54) is 24.5 Å². The van der Waals surface area contributed by atoms with Gasteiger partial charge in [-0.25, -0.2) is 0 Å². The fourth-order valence-corrected chi connectivity index (χ4v) is 3.79. The van der Waals surface area contributed by atoms with Crippen LogP contribution in [0.5, 0.6) is 11.5 Å². The minimum Gasteiger partial charge on any atom is -0.454 e. The van der Waals surface area contributed by atoms with E-state index in [1.807, 2.05) is 18.2 Å². The Hall–Kier alpha value is -3.35. The van der Waals surface area contributed by atoms with E-state index in [1.54, 1.807) is 18.2 Å². The predicted octanol–water partition coefficient (Wildman–Crippen LogP) is 3.83. The van der Waals surface area contributed by atoms with E-state index in [2.05, 4.69) is 5.32 Å². The van der Waals surface area contributed by atoms with Crippen molar-refractivity contribution in [2.24, 2.45) is 0 Å². The molecule has 1 heterocycles. The van der Waals surface area contributed by atoms with Crippen LogP contribution in [0.15, 0.2) is 36.4 Å². The summed E-state index contributed by atoms with van der Waals surface area (Å²) in [6.07, 6.45) is 3.37. The lowest BCUT2D eigenvalue weighted by Crippen LogP contribution is -2.30. The predicted molar refractivity (Wildman–Crippen MR) is 113 cm³/mol.